The molecule has 0 aromatic rings. The molecular weight excluding hydrogens is 172 g/mol. The summed E-state index contributed by atoms with van der Waals surface area (Å²) >= 11 is 0. The zero-order chi connectivity index (χ0) is 9.10. The van der Waals surface area contributed by atoms with Crippen molar-refractivity contribution in [2.24, 2.45) is 0 Å². The van der Waals surface area contributed by atoms with E-state index in [4.69, 9.17) is 9.47 Å². The molecule has 2 heterocycles. The van der Waals surface area contributed by atoms with Gasteiger partial charge in [-0.2, -0.15) is 0 Å². The van der Waals surface area contributed by atoms with Gasteiger partial charge in [0.1, 0.15) is 6.10 Å². The number of cyclic esters (lactones) is 2. The number of rotatable bonds is 1. The van der Waals surface area contributed by atoms with Crippen LogP contribution < -0.4 is 0 Å². The zero-order valence-corrected chi connectivity index (χ0v) is 7.32. The van der Waals surface area contributed by atoms with Gasteiger partial charge in [-0.3, -0.25) is 0 Å². The Labute approximate surface area is 76.5 Å². The average molecular weight is 184 g/mol. The van der Waals surface area contributed by atoms with E-state index in [1.807, 2.05) is 0 Å². The number of carbonyl (C=O) groups is 1. The molecule has 0 aliphatic carbocycles. The van der Waals surface area contributed by atoms with E-state index >= 15 is 0 Å². The minimum Gasteiger partial charge on any atom is -0.434 e. The van der Waals surface area contributed by atoms with Gasteiger partial charge in [0.15, 0.2) is 0 Å². The Morgan fingerprint density at radius 3 is 3.00 bits per heavy atom. The number of hydrogen-bond donors (Lipinski definition) is 0. The highest BCUT2D eigenvalue weighted by Crippen LogP contribution is 2.19. The van der Waals surface area contributed by atoms with Crippen LogP contribution >= 0.6 is 0 Å². The van der Waals surface area contributed by atoms with Gasteiger partial charge < -0.3 is 14.2 Å². The fraction of sp³-hybridized carbons (Fsp3) is 0.667. The normalized spacial score (nSPS) is 28.8. The molecule has 1 fully saturated rings. The van der Waals surface area contributed by atoms with Crippen molar-refractivity contribution in [1.82, 2.24) is 0 Å². The first-order chi connectivity index (χ1) is 6.36. The van der Waals surface area contributed by atoms with Crippen LogP contribution in [-0.4, -0.2) is 32.1 Å². The Balaban J connectivity index is 1.98. The van der Waals surface area contributed by atoms with Crippen molar-refractivity contribution in [3.8, 4) is 0 Å². The summed E-state index contributed by atoms with van der Waals surface area (Å²) in [5, 5.41) is 0. The van der Waals surface area contributed by atoms with E-state index in [0.717, 1.165) is 25.0 Å². The van der Waals surface area contributed by atoms with Crippen molar-refractivity contribution >= 4 is 6.16 Å². The quantitative estimate of drug-likeness (QED) is 0.454. The van der Waals surface area contributed by atoms with Gasteiger partial charge in [0.25, 0.3) is 0 Å². The molecule has 1 unspecified atom stereocenters. The second-order valence-corrected chi connectivity index (χ2v) is 3.11. The van der Waals surface area contributed by atoms with Crippen molar-refractivity contribution < 1.29 is 19.0 Å². The Morgan fingerprint density at radius 2 is 2.31 bits per heavy atom. The molecule has 2 rings (SSSR count). The van der Waals surface area contributed by atoms with Crippen molar-refractivity contribution in [3.05, 3.63) is 11.6 Å². The largest absolute Gasteiger partial charge is 0.508 e. The molecule has 1 saturated heterocycles. The molecule has 2 aliphatic rings. The van der Waals surface area contributed by atoms with Gasteiger partial charge in [-0.05, 0) is 12.0 Å². The van der Waals surface area contributed by atoms with Crippen LogP contribution in [0.3, 0.4) is 0 Å². The van der Waals surface area contributed by atoms with Gasteiger partial charge in [0, 0.05) is 6.42 Å². The smallest absolute Gasteiger partial charge is 0.434 e. The Kier molecular flexibility index (Phi) is 2.49. The van der Waals surface area contributed by atoms with Gasteiger partial charge in [-0.15, -0.1) is 0 Å². The first-order valence-electron chi connectivity index (χ1n) is 4.46. The third-order valence-electron chi connectivity index (χ3n) is 2.19. The topological polar surface area (TPSA) is 44.8 Å². The van der Waals surface area contributed by atoms with Crippen LogP contribution in [0.25, 0.3) is 0 Å². The predicted octanol–water partition coefficient (Wildman–Crippen LogP) is 1.26. The Morgan fingerprint density at radius 1 is 1.38 bits per heavy atom. The molecule has 0 bridgehead atoms. The summed E-state index contributed by atoms with van der Waals surface area (Å²) in [6.07, 6.45) is 3.04. The fourth-order valence-electron chi connectivity index (χ4n) is 1.52. The van der Waals surface area contributed by atoms with Gasteiger partial charge in [0.2, 0.25) is 0 Å². The SMILES string of the molecule is O=C1OCCC(C2=CCCOC2)O1. The van der Waals surface area contributed by atoms with Crippen LogP contribution in [0.1, 0.15) is 12.8 Å². The summed E-state index contributed by atoms with van der Waals surface area (Å²) in [6.45, 7) is 1.79. The molecular formula is C9H12O4. The van der Waals surface area contributed by atoms with Crippen LogP contribution in [0.5, 0.6) is 0 Å². The Hall–Kier alpha value is -1.03. The molecule has 0 spiro atoms. The summed E-state index contributed by atoms with van der Waals surface area (Å²) in [7, 11) is 0. The third-order valence-corrected chi connectivity index (χ3v) is 2.19. The highest BCUT2D eigenvalue weighted by molar-refractivity contribution is 5.61. The third kappa shape index (κ3) is 2.01. The molecule has 13 heavy (non-hydrogen) atoms. The maximum atomic E-state index is 10.8. The second kappa shape index (κ2) is 3.79. The summed E-state index contributed by atoms with van der Waals surface area (Å²) < 4.78 is 15.0. The molecule has 72 valence electrons. The number of ether oxygens (including phenoxy) is 3. The standard InChI is InChI=1S/C9H12O4/c10-9-12-5-3-8(13-9)7-2-1-4-11-6-7/h2,8H,1,3-6H2. The number of hydrogen-bond acceptors (Lipinski definition) is 4. The summed E-state index contributed by atoms with van der Waals surface area (Å²) in [5.74, 6) is 0. The Bertz CT molecular complexity index is 234. The molecule has 1 atom stereocenters. The lowest BCUT2D eigenvalue weighted by Crippen LogP contribution is -2.31. The molecule has 4 nitrogen and oxygen atoms in total. The number of carbonyl (C=O) groups excluding carboxylic acids is 1. The average Bonchev–Trinajstić information content (AvgIpc) is 2.19. The van der Waals surface area contributed by atoms with Crippen LogP contribution in [0.15, 0.2) is 11.6 Å². The first kappa shape index (κ1) is 8.56. The van der Waals surface area contributed by atoms with E-state index < -0.39 is 6.16 Å². The van der Waals surface area contributed by atoms with E-state index in [2.05, 4.69) is 10.8 Å². The molecule has 4 heteroatoms. The van der Waals surface area contributed by atoms with Crippen molar-refractivity contribution in [3.63, 3.8) is 0 Å². The van der Waals surface area contributed by atoms with Crippen LogP contribution in [0.4, 0.5) is 4.79 Å². The highest BCUT2D eigenvalue weighted by Gasteiger charge is 2.25. The van der Waals surface area contributed by atoms with Gasteiger partial charge >= 0.3 is 6.16 Å². The predicted molar refractivity (Wildman–Crippen MR) is 44.4 cm³/mol. The van der Waals surface area contributed by atoms with E-state index in [0.29, 0.717) is 13.2 Å². The molecule has 2 aliphatic heterocycles. The first-order valence-corrected chi connectivity index (χ1v) is 4.46. The minimum absolute atomic E-state index is 0.124. The second-order valence-electron chi connectivity index (χ2n) is 3.11. The lowest BCUT2D eigenvalue weighted by atomic mass is 10.0. The maximum Gasteiger partial charge on any atom is 0.508 e. The van der Waals surface area contributed by atoms with Crippen molar-refractivity contribution in [1.29, 1.82) is 0 Å². The van der Waals surface area contributed by atoms with E-state index in [1.165, 1.54) is 0 Å². The molecule has 0 aromatic heterocycles. The van der Waals surface area contributed by atoms with Crippen LogP contribution in [0, 0.1) is 0 Å². The lowest BCUT2D eigenvalue weighted by molar-refractivity contribution is -0.0158. The van der Waals surface area contributed by atoms with Crippen LogP contribution in [-0.2, 0) is 14.2 Å². The van der Waals surface area contributed by atoms with Gasteiger partial charge in [-0.25, -0.2) is 4.79 Å². The minimum atomic E-state index is -0.567. The monoisotopic (exact) mass is 184 g/mol. The van der Waals surface area contributed by atoms with Gasteiger partial charge in [0.05, 0.1) is 19.8 Å². The van der Waals surface area contributed by atoms with Gasteiger partial charge in [-0.1, -0.05) is 6.08 Å². The highest BCUT2D eigenvalue weighted by atomic mass is 16.7. The van der Waals surface area contributed by atoms with Crippen molar-refractivity contribution in [2.75, 3.05) is 19.8 Å². The summed E-state index contributed by atoms with van der Waals surface area (Å²) in [5.41, 5.74) is 1.07. The van der Waals surface area contributed by atoms with E-state index in [9.17, 15) is 4.79 Å². The van der Waals surface area contributed by atoms with E-state index in [-0.39, 0.29) is 6.10 Å². The molecule has 0 N–H and O–H groups in total. The summed E-state index contributed by atoms with van der Waals surface area (Å²) in [4.78, 5) is 10.8. The zero-order valence-electron chi connectivity index (χ0n) is 7.32. The molecule has 0 aromatic carbocycles. The molecule has 0 radical (unpaired) electrons. The molecule has 0 saturated carbocycles. The van der Waals surface area contributed by atoms with Crippen molar-refractivity contribution in [2.45, 2.75) is 18.9 Å². The summed E-state index contributed by atoms with van der Waals surface area (Å²) in [6, 6.07) is 0. The fourth-order valence-corrected chi connectivity index (χ4v) is 1.52. The molecule has 0 amide bonds. The van der Waals surface area contributed by atoms with Crippen LogP contribution in [0.2, 0.25) is 0 Å². The van der Waals surface area contributed by atoms with E-state index in [1.54, 1.807) is 0 Å². The maximum absolute atomic E-state index is 10.8. The lowest BCUT2D eigenvalue weighted by Gasteiger charge is -2.26.